The van der Waals surface area contributed by atoms with Crippen LogP contribution in [0, 0.1) is 0 Å². The fraction of sp³-hybridized carbons (Fsp3) is 0.188. The molecule has 0 amide bonds. The van der Waals surface area contributed by atoms with Gasteiger partial charge >= 0.3 is 0 Å². The Kier molecular flexibility index (Phi) is 4.26. The molecule has 2 aromatic carbocycles. The van der Waals surface area contributed by atoms with Crippen molar-refractivity contribution in [3.63, 3.8) is 0 Å². The molecule has 0 aliphatic rings. The number of Topliss-reactive ketones (excluding diaryl/α,β-unsaturated/α-hetero) is 1. The fourth-order valence-electron chi connectivity index (χ4n) is 1.92. The molecule has 2 nitrogen and oxygen atoms in total. The molecule has 2 aromatic rings. The largest absolute Gasteiger partial charge is 0.376 e. The maximum Gasteiger partial charge on any atom is 0.165 e. The van der Waals surface area contributed by atoms with Crippen molar-refractivity contribution in [1.82, 2.24) is 0 Å². The second-order valence-corrected chi connectivity index (χ2v) is 4.13. The Morgan fingerprint density at radius 2 is 1.56 bits per heavy atom. The van der Waals surface area contributed by atoms with Gasteiger partial charge in [-0.1, -0.05) is 60.7 Å². The second-order valence-electron chi connectivity index (χ2n) is 4.13. The summed E-state index contributed by atoms with van der Waals surface area (Å²) in [5, 5.41) is 0. The van der Waals surface area contributed by atoms with Gasteiger partial charge in [0.2, 0.25) is 0 Å². The highest BCUT2D eigenvalue weighted by Gasteiger charge is 2.16. The molecule has 1 atom stereocenters. The first-order chi connectivity index (χ1) is 8.81. The highest BCUT2D eigenvalue weighted by Crippen LogP contribution is 2.22. The molecule has 0 radical (unpaired) electrons. The lowest BCUT2D eigenvalue weighted by atomic mass is 10.0. The molecule has 0 fully saturated rings. The van der Waals surface area contributed by atoms with E-state index in [0.717, 1.165) is 11.1 Å². The number of hydrogen-bond donors (Lipinski definition) is 0. The standard InChI is InChI=1S/C16H16O2/c1-18-16(14-10-6-3-7-11-14)12-15(17)13-8-4-2-5-9-13/h2-11,16H,12H2,1H3. The summed E-state index contributed by atoms with van der Waals surface area (Å²) in [6.45, 7) is 0. The van der Waals surface area contributed by atoms with Crippen LogP contribution >= 0.6 is 0 Å². The first-order valence-corrected chi connectivity index (χ1v) is 5.97. The van der Waals surface area contributed by atoms with E-state index in [1.54, 1.807) is 7.11 Å². The molecule has 0 saturated heterocycles. The summed E-state index contributed by atoms with van der Waals surface area (Å²) in [5.74, 6) is 0.103. The number of ether oxygens (including phenoxy) is 1. The van der Waals surface area contributed by atoms with Crippen molar-refractivity contribution >= 4 is 5.78 Å². The zero-order valence-electron chi connectivity index (χ0n) is 10.4. The van der Waals surface area contributed by atoms with Gasteiger partial charge in [0.15, 0.2) is 5.78 Å². The maximum absolute atomic E-state index is 12.1. The molecule has 0 N–H and O–H groups in total. The number of carbonyl (C=O) groups excluding carboxylic acids is 1. The van der Waals surface area contributed by atoms with Crippen LogP contribution in [0.25, 0.3) is 0 Å². The van der Waals surface area contributed by atoms with Crippen molar-refractivity contribution in [3.8, 4) is 0 Å². The molecular weight excluding hydrogens is 224 g/mol. The summed E-state index contributed by atoms with van der Waals surface area (Å²) in [7, 11) is 1.63. The molecule has 0 spiro atoms. The van der Waals surface area contributed by atoms with Crippen LogP contribution in [0.3, 0.4) is 0 Å². The van der Waals surface area contributed by atoms with E-state index in [2.05, 4.69) is 0 Å². The molecule has 2 heteroatoms. The molecule has 0 aliphatic heterocycles. The van der Waals surface area contributed by atoms with Gasteiger partial charge in [0.05, 0.1) is 6.10 Å². The average Bonchev–Trinajstić information content (AvgIpc) is 2.46. The predicted octanol–water partition coefficient (Wildman–Crippen LogP) is 3.65. The minimum Gasteiger partial charge on any atom is -0.376 e. The van der Waals surface area contributed by atoms with Gasteiger partial charge in [-0.25, -0.2) is 0 Å². The number of carbonyl (C=O) groups is 1. The quantitative estimate of drug-likeness (QED) is 0.746. The normalized spacial score (nSPS) is 12.1. The van der Waals surface area contributed by atoms with Gasteiger partial charge in [0, 0.05) is 19.1 Å². The predicted molar refractivity (Wildman–Crippen MR) is 71.6 cm³/mol. The van der Waals surface area contributed by atoms with Crippen LogP contribution < -0.4 is 0 Å². The first kappa shape index (κ1) is 12.5. The van der Waals surface area contributed by atoms with Crippen molar-refractivity contribution in [1.29, 1.82) is 0 Å². The highest BCUT2D eigenvalue weighted by atomic mass is 16.5. The van der Waals surface area contributed by atoms with E-state index in [4.69, 9.17) is 4.74 Å². The van der Waals surface area contributed by atoms with Gasteiger partial charge in [0.25, 0.3) is 0 Å². The van der Waals surface area contributed by atoms with E-state index in [1.165, 1.54) is 0 Å². The summed E-state index contributed by atoms with van der Waals surface area (Å²) in [5.41, 5.74) is 1.76. The minimum atomic E-state index is -0.182. The van der Waals surface area contributed by atoms with Crippen molar-refractivity contribution < 1.29 is 9.53 Å². The maximum atomic E-state index is 12.1. The summed E-state index contributed by atoms with van der Waals surface area (Å²) < 4.78 is 5.41. The van der Waals surface area contributed by atoms with Gasteiger partial charge in [0.1, 0.15) is 0 Å². The average molecular weight is 240 g/mol. The SMILES string of the molecule is COC(CC(=O)c1ccccc1)c1ccccc1. The van der Waals surface area contributed by atoms with E-state index in [0.29, 0.717) is 6.42 Å². The molecule has 2 rings (SSSR count). The number of methoxy groups -OCH3 is 1. The van der Waals surface area contributed by atoms with Crippen molar-refractivity contribution in [2.45, 2.75) is 12.5 Å². The lowest BCUT2D eigenvalue weighted by Gasteiger charge is -2.14. The number of benzene rings is 2. The Hall–Kier alpha value is -1.93. The van der Waals surface area contributed by atoms with Crippen molar-refractivity contribution in [2.75, 3.05) is 7.11 Å². The van der Waals surface area contributed by atoms with Crippen LogP contribution in [-0.4, -0.2) is 12.9 Å². The van der Waals surface area contributed by atoms with Crippen molar-refractivity contribution in [2.24, 2.45) is 0 Å². The topological polar surface area (TPSA) is 26.3 Å². The van der Waals surface area contributed by atoms with Gasteiger partial charge < -0.3 is 4.74 Å². The zero-order chi connectivity index (χ0) is 12.8. The van der Waals surface area contributed by atoms with Crippen LogP contribution in [0.1, 0.15) is 28.4 Å². The van der Waals surface area contributed by atoms with Crippen LogP contribution in [0.5, 0.6) is 0 Å². The van der Waals surface area contributed by atoms with E-state index >= 15 is 0 Å². The van der Waals surface area contributed by atoms with Gasteiger partial charge in [-0.05, 0) is 5.56 Å². The Bertz CT molecular complexity index is 491. The smallest absolute Gasteiger partial charge is 0.165 e. The second kappa shape index (κ2) is 6.12. The molecule has 0 heterocycles. The van der Waals surface area contributed by atoms with Gasteiger partial charge in [-0.15, -0.1) is 0 Å². The van der Waals surface area contributed by atoms with E-state index < -0.39 is 0 Å². The summed E-state index contributed by atoms with van der Waals surface area (Å²) in [4.78, 5) is 12.1. The molecule has 92 valence electrons. The van der Waals surface area contributed by atoms with E-state index in [9.17, 15) is 4.79 Å². The monoisotopic (exact) mass is 240 g/mol. The fourth-order valence-corrected chi connectivity index (χ4v) is 1.92. The number of hydrogen-bond acceptors (Lipinski definition) is 2. The van der Waals surface area contributed by atoms with Crippen molar-refractivity contribution in [3.05, 3.63) is 71.8 Å². The molecule has 0 saturated carbocycles. The molecule has 0 bridgehead atoms. The minimum absolute atomic E-state index is 0.103. The molecule has 18 heavy (non-hydrogen) atoms. The number of rotatable bonds is 5. The molecule has 0 aliphatic carbocycles. The first-order valence-electron chi connectivity index (χ1n) is 5.97. The lowest BCUT2D eigenvalue weighted by Crippen LogP contribution is -2.09. The Morgan fingerprint density at radius 3 is 2.11 bits per heavy atom. The summed E-state index contributed by atoms with van der Waals surface area (Å²) in [6, 6.07) is 19.1. The lowest BCUT2D eigenvalue weighted by molar-refractivity contribution is 0.0730. The Morgan fingerprint density at radius 1 is 1.00 bits per heavy atom. The highest BCUT2D eigenvalue weighted by molar-refractivity contribution is 5.96. The summed E-state index contributed by atoms with van der Waals surface area (Å²) >= 11 is 0. The van der Waals surface area contributed by atoms with Crippen LogP contribution in [0.15, 0.2) is 60.7 Å². The van der Waals surface area contributed by atoms with E-state index in [-0.39, 0.29) is 11.9 Å². The third-order valence-electron chi connectivity index (χ3n) is 2.92. The third kappa shape index (κ3) is 3.05. The molecular formula is C16H16O2. The molecule has 0 aromatic heterocycles. The van der Waals surface area contributed by atoms with Gasteiger partial charge in [-0.3, -0.25) is 4.79 Å². The van der Waals surface area contributed by atoms with Crippen LogP contribution in [-0.2, 0) is 4.74 Å². The summed E-state index contributed by atoms with van der Waals surface area (Å²) in [6.07, 6.45) is 0.184. The Balaban J connectivity index is 2.10. The van der Waals surface area contributed by atoms with Crippen LogP contribution in [0.4, 0.5) is 0 Å². The van der Waals surface area contributed by atoms with Crippen LogP contribution in [0.2, 0.25) is 0 Å². The number of ketones is 1. The zero-order valence-corrected chi connectivity index (χ0v) is 10.4. The van der Waals surface area contributed by atoms with E-state index in [1.807, 2.05) is 60.7 Å². The third-order valence-corrected chi connectivity index (χ3v) is 2.92. The molecule has 1 unspecified atom stereocenters. The van der Waals surface area contributed by atoms with Gasteiger partial charge in [-0.2, -0.15) is 0 Å². The Labute approximate surface area is 107 Å².